The summed E-state index contributed by atoms with van der Waals surface area (Å²) < 4.78 is 13.3. The highest BCUT2D eigenvalue weighted by molar-refractivity contribution is 6.07. The molecule has 0 amide bonds. The van der Waals surface area contributed by atoms with Crippen molar-refractivity contribution in [1.82, 2.24) is 0 Å². The van der Waals surface area contributed by atoms with E-state index in [0.717, 1.165) is 78.3 Å². The molecule has 0 N–H and O–H groups in total. The minimum absolute atomic E-state index is 0.818. The summed E-state index contributed by atoms with van der Waals surface area (Å²) in [5.74, 6) is 1.67. The molecular formula is C52H33NO2. The van der Waals surface area contributed by atoms with Gasteiger partial charge in [0.05, 0.1) is 0 Å². The van der Waals surface area contributed by atoms with Gasteiger partial charge in [-0.15, -0.1) is 0 Å². The first-order valence-electron chi connectivity index (χ1n) is 18.7. The van der Waals surface area contributed by atoms with Crippen LogP contribution in [0.25, 0.3) is 77.2 Å². The van der Waals surface area contributed by atoms with Gasteiger partial charge in [0.25, 0.3) is 0 Å². The zero-order valence-corrected chi connectivity index (χ0v) is 29.8. The molecule has 10 aromatic rings. The molecule has 0 saturated heterocycles. The van der Waals surface area contributed by atoms with Crippen LogP contribution >= 0.6 is 0 Å². The van der Waals surface area contributed by atoms with Crippen LogP contribution in [0.4, 0.5) is 17.1 Å². The lowest BCUT2D eigenvalue weighted by Gasteiger charge is -2.27. The molecule has 0 spiro atoms. The average molecular weight is 704 g/mol. The highest BCUT2D eigenvalue weighted by Crippen LogP contribution is 2.52. The molecule has 0 fully saturated rings. The van der Waals surface area contributed by atoms with Gasteiger partial charge in [-0.25, -0.2) is 0 Å². The van der Waals surface area contributed by atoms with Crippen molar-refractivity contribution in [3.05, 3.63) is 200 Å². The highest BCUT2D eigenvalue weighted by atomic mass is 16.5. The lowest BCUT2D eigenvalue weighted by Crippen LogP contribution is -2.10. The number of para-hydroxylation sites is 1. The first-order chi connectivity index (χ1) is 27.2. The zero-order valence-electron chi connectivity index (χ0n) is 29.8. The van der Waals surface area contributed by atoms with E-state index in [-0.39, 0.29) is 0 Å². The summed E-state index contributed by atoms with van der Waals surface area (Å²) in [4.78, 5) is 2.31. The maximum atomic E-state index is 6.91. The van der Waals surface area contributed by atoms with Gasteiger partial charge in [0, 0.05) is 45.0 Å². The third kappa shape index (κ3) is 5.28. The van der Waals surface area contributed by atoms with E-state index in [4.69, 9.17) is 9.15 Å². The van der Waals surface area contributed by atoms with Crippen LogP contribution in [0, 0.1) is 0 Å². The summed E-state index contributed by atoms with van der Waals surface area (Å²) in [6.07, 6.45) is 0. The molecule has 55 heavy (non-hydrogen) atoms. The number of ether oxygens (including phenoxy) is 1. The van der Waals surface area contributed by atoms with E-state index in [2.05, 4.69) is 193 Å². The fourth-order valence-electron chi connectivity index (χ4n) is 8.22. The molecule has 0 unspecified atom stereocenters. The molecular weight excluding hydrogens is 671 g/mol. The molecule has 3 nitrogen and oxygen atoms in total. The maximum Gasteiger partial charge on any atom is 0.137 e. The fraction of sp³-hybridized carbons (Fsp3) is 0. The van der Waals surface area contributed by atoms with Crippen molar-refractivity contribution >= 4 is 49.8 Å². The van der Waals surface area contributed by atoms with Crippen molar-refractivity contribution in [3.8, 4) is 56.0 Å². The third-order valence-electron chi connectivity index (χ3n) is 10.9. The third-order valence-corrected chi connectivity index (χ3v) is 10.9. The Morgan fingerprint density at radius 2 is 0.927 bits per heavy atom. The van der Waals surface area contributed by atoms with Crippen molar-refractivity contribution in [2.75, 3.05) is 4.90 Å². The first kappa shape index (κ1) is 31.2. The van der Waals surface area contributed by atoms with Gasteiger partial charge < -0.3 is 14.1 Å². The van der Waals surface area contributed by atoms with E-state index in [1.165, 1.54) is 27.5 Å². The van der Waals surface area contributed by atoms with Gasteiger partial charge in [-0.2, -0.15) is 0 Å². The van der Waals surface area contributed by atoms with Gasteiger partial charge >= 0.3 is 0 Å². The molecule has 0 aliphatic carbocycles. The summed E-state index contributed by atoms with van der Waals surface area (Å²) >= 11 is 0. The van der Waals surface area contributed by atoms with E-state index < -0.39 is 0 Å². The number of hydrogen-bond donors (Lipinski definition) is 0. The normalized spacial score (nSPS) is 11.8. The van der Waals surface area contributed by atoms with Gasteiger partial charge in [-0.3, -0.25) is 0 Å². The summed E-state index contributed by atoms with van der Waals surface area (Å²) in [6, 6.07) is 70.9. The zero-order chi connectivity index (χ0) is 36.3. The lowest BCUT2D eigenvalue weighted by atomic mass is 9.88. The topological polar surface area (TPSA) is 25.6 Å². The van der Waals surface area contributed by atoms with Gasteiger partial charge in [0.2, 0.25) is 0 Å². The standard InChI is InChI=1S/C52H33NO2/c1-3-11-34(12-4-1)36-19-23-39(24-20-36)53(41-25-28-45-44-17-9-10-18-48(44)55-51(45)33-41)40-26-30-49-46(32-40)43-27-21-38(35-13-5-2-6-14-35)31-47(43)52-42-16-8-7-15-37(42)22-29-50(52)54-49/h1-33H. The lowest BCUT2D eigenvalue weighted by molar-refractivity contribution is 0.488. The Morgan fingerprint density at radius 1 is 0.327 bits per heavy atom. The van der Waals surface area contributed by atoms with E-state index in [0.29, 0.717) is 0 Å². The van der Waals surface area contributed by atoms with Crippen LogP contribution in [0.5, 0.6) is 11.5 Å². The van der Waals surface area contributed by atoms with E-state index in [1.54, 1.807) is 0 Å². The number of anilines is 3. The second kappa shape index (κ2) is 12.6. The molecule has 0 saturated carbocycles. The Morgan fingerprint density at radius 3 is 1.75 bits per heavy atom. The largest absolute Gasteiger partial charge is 0.456 e. The van der Waals surface area contributed by atoms with Crippen molar-refractivity contribution < 1.29 is 9.15 Å². The Bertz CT molecular complexity index is 3050. The van der Waals surface area contributed by atoms with Crippen LogP contribution in [-0.2, 0) is 0 Å². The number of furan rings is 1. The van der Waals surface area contributed by atoms with Gasteiger partial charge in [0.1, 0.15) is 22.7 Å². The molecule has 0 radical (unpaired) electrons. The van der Waals surface area contributed by atoms with Crippen molar-refractivity contribution in [2.45, 2.75) is 0 Å². The Balaban J connectivity index is 1.12. The molecule has 258 valence electrons. The predicted octanol–water partition coefficient (Wildman–Crippen LogP) is 15.0. The minimum Gasteiger partial charge on any atom is -0.456 e. The average Bonchev–Trinajstić information content (AvgIpc) is 3.56. The van der Waals surface area contributed by atoms with E-state index in [1.807, 2.05) is 12.1 Å². The first-order valence-corrected chi connectivity index (χ1v) is 18.7. The van der Waals surface area contributed by atoms with Gasteiger partial charge in [-0.05, 0) is 105 Å². The predicted molar refractivity (Wildman–Crippen MR) is 228 cm³/mol. The summed E-state index contributed by atoms with van der Waals surface area (Å²) in [7, 11) is 0. The molecule has 0 bridgehead atoms. The molecule has 0 atom stereocenters. The number of fused-ring (bicyclic) bond motifs is 10. The van der Waals surface area contributed by atoms with Crippen LogP contribution in [0.2, 0.25) is 0 Å². The monoisotopic (exact) mass is 703 g/mol. The number of hydrogen-bond acceptors (Lipinski definition) is 3. The number of benzene rings is 9. The SMILES string of the molecule is c1ccc(-c2ccc(N(c3ccc4c(c3)-c3ccc(-c5ccccc5)cc3-c3c(ccc5ccccc35)O4)c3ccc4c(c3)oc3ccccc34)cc2)cc1. The number of nitrogens with zero attached hydrogens (tertiary/aromatic N) is 1. The second-order valence-electron chi connectivity index (χ2n) is 14.1. The molecule has 3 heteroatoms. The van der Waals surface area contributed by atoms with Gasteiger partial charge in [-0.1, -0.05) is 133 Å². The molecule has 9 aromatic carbocycles. The van der Waals surface area contributed by atoms with Crippen molar-refractivity contribution in [1.29, 1.82) is 0 Å². The Labute approximate surface area is 318 Å². The summed E-state index contributed by atoms with van der Waals surface area (Å²) in [6.45, 7) is 0. The Hall–Kier alpha value is -7.36. The van der Waals surface area contributed by atoms with Crippen molar-refractivity contribution in [3.63, 3.8) is 0 Å². The molecule has 1 aliphatic heterocycles. The Kier molecular flexibility index (Phi) is 7.17. The van der Waals surface area contributed by atoms with Gasteiger partial charge in [0.15, 0.2) is 0 Å². The highest BCUT2D eigenvalue weighted by Gasteiger charge is 2.25. The molecule has 11 rings (SSSR count). The fourth-order valence-corrected chi connectivity index (χ4v) is 8.22. The maximum absolute atomic E-state index is 6.91. The van der Waals surface area contributed by atoms with Crippen molar-refractivity contribution in [2.24, 2.45) is 0 Å². The van der Waals surface area contributed by atoms with E-state index >= 15 is 0 Å². The molecule has 2 heterocycles. The minimum atomic E-state index is 0.818. The summed E-state index contributed by atoms with van der Waals surface area (Å²) in [5, 5.41) is 4.56. The smallest absolute Gasteiger partial charge is 0.137 e. The molecule has 1 aromatic heterocycles. The summed E-state index contributed by atoms with van der Waals surface area (Å²) in [5.41, 5.74) is 13.9. The quantitative estimate of drug-likeness (QED) is 0.178. The molecule has 1 aliphatic rings. The van der Waals surface area contributed by atoms with Crippen LogP contribution in [0.15, 0.2) is 205 Å². The van der Waals surface area contributed by atoms with Crippen LogP contribution in [-0.4, -0.2) is 0 Å². The van der Waals surface area contributed by atoms with E-state index in [9.17, 15) is 0 Å². The van der Waals surface area contributed by atoms with Crippen LogP contribution in [0.3, 0.4) is 0 Å². The van der Waals surface area contributed by atoms with Crippen LogP contribution < -0.4 is 9.64 Å². The van der Waals surface area contributed by atoms with Crippen LogP contribution in [0.1, 0.15) is 0 Å². The number of rotatable bonds is 5. The second-order valence-corrected chi connectivity index (χ2v) is 14.1.